The molecule has 5 heterocycles. The molecule has 0 spiro atoms. The van der Waals surface area contributed by atoms with Gasteiger partial charge in [-0.1, -0.05) is 271 Å². The van der Waals surface area contributed by atoms with E-state index in [0.29, 0.717) is 0 Å². The van der Waals surface area contributed by atoms with Gasteiger partial charge in [0, 0.05) is 77.8 Å². The molecule has 0 saturated carbocycles. The Kier molecular flexibility index (Phi) is 14.6. The summed E-state index contributed by atoms with van der Waals surface area (Å²) in [5, 5.41) is 7.32. The van der Waals surface area contributed by atoms with Crippen molar-refractivity contribution in [1.29, 1.82) is 0 Å². The number of hydrogen-bond donors (Lipinski definition) is 0. The van der Waals surface area contributed by atoms with E-state index in [9.17, 15) is 0 Å². The quantitative estimate of drug-likeness (QED) is 0.141. The number of aromatic nitrogens is 3. The fourth-order valence-corrected chi connectivity index (χ4v) is 17.3. The minimum Gasteiger partial charge on any atom is -0.311 e. The third kappa shape index (κ3) is 10.5. The molecule has 0 radical (unpaired) electrons. The van der Waals surface area contributed by atoms with E-state index in [-0.39, 0.29) is 28.4 Å². The highest BCUT2D eigenvalue weighted by atomic mass is 15.2. The second-order valence-corrected chi connectivity index (χ2v) is 33.9. The first-order chi connectivity index (χ1) is 51.1. The number of nitrogens with zero attached hydrogens (tertiary/aromatic N) is 5. The zero-order valence-corrected chi connectivity index (χ0v) is 62.7. The number of rotatable bonds is 8. The Balaban J connectivity index is 0.974. The molecule has 17 aromatic rings. The summed E-state index contributed by atoms with van der Waals surface area (Å²) < 4.78 is 7.62. The highest BCUT2D eigenvalue weighted by Crippen LogP contribution is 2.51. The average molecular weight is 1370 g/mol. The van der Waals surface area contributed by atoms with Gasteiger partial charge in [-0.2, -0.15) is 0 Å². The van der Waals surface area contributed by atoms with Crippen LogP contribution in [0.2, 0.25) is 0 Å². The molecular weight excluding hydrogens is 1280 g/mol. The third-order valence-electron chi connectivity index (χ3n) is 23.0. The Morgan fingerprint density at radius 3 is 0.830 bits per heavy atom. The van der Waals surface area contributed by atoms with Crippen LogP contribution >= 0.6 is 0 Å². The van der Waals surface area contributed by atoms with Gasteiger partial charge in [-0.25, -0.2) is 0 Å². The molecule has 0 N–H and O–H groups in total. The summed E-state index contributed by atoms with van der Waals surface area (Å²) >= 11 is 0. The number of fused-ring (bicyclic) bond motifs is 13. The van der Waals surface area contributed by atoms with Crippen LogP contribution in [0.1, 0.15) is 105 Å². The monoisotopic (exact) mass is 1370 g/mol. The predicted octanol–water partition coefficient (Wildman–Crippen LogP) is 25.3. The molecule has 2 aliphatic rings. The maximum Gasteiger partial charge on any atom is 0.252 e. The van der Waals surface area contributed by atoms with Crippen molar-refractivity contribution in [3.63, 3.8) is 0 Å². The fourth-order valence-electron chi connectivity index (χ4n) is 17.3. The molecule has 0 aliphatic carbocycles. The van der Waals surface area contributed by atoms with Crippen LogP contribution in [0.4, 0.5) is 34.1 Å². The van der Waals surface area contributed by atoms with Crippen molar-refractivity contribution in [3.05, 3.63) is 326 Å². The van der Waals surface area contributed by atoms with Crippen molar-refractivity contribution in [2.45, 2.75) is 105 Å². The van der Waals surface area contributed by atoms with E-state index in [1.54, 1.807) is 0 Å². The van der Waals surface area contributed by atoms with E-state index in [0.717, 1.165) is 62.2 Å². The van der Waals surface area contributed by atoms with Gasteiger partial charge in [0.05, 0.1) is 38.8 Å². The second-order valence-electron chi connectivity index (χ2n) is 33.9. The van der Waals surface area contributed by atoms with E-state index >= 15 is 0 Å². The number of benzene rings is 14. The summed E-state index contributed by atoms with van der Waals surface area (Å²) in [6.07, 6.45) is 0. The molecule has 0 saturated heterocycles. The van der Waals surface area contributed by atoms with Gasteiger partial charge in [-0.3, -0.25) is 0 Å². The van der Waals surface area contributed by atoms with Gasteiger partial charge in [0.25, 0.3) is 6.71 Å². The molecule has 0 atom stereocenters. The lowest BCUT2D eigenvalue weighted by molar-refractivity contribution is 0.568. The van der Waals surface area contributed by atoms with Crippen molar-refractivity contribution in [2.24, 2.45) is 0 Å². The smallest absolute Gasteiger partial charge is 0.252 e. The summed E-state index contributed by atoms with van der Waals surface area (Å²) in [5.74, 6) is 0. The molecular formula is C100H86BN5. The molecule has 14 aromatic carbocycles. The van der Waals surface area contributed by atoms with Gasteiger partial charge < -0.3 is 23.5 Å². The van der Waals surface area contributed by atoms with Crippen LogP contribution < -0.4 is 26.2 Å². The van der Waals surface area contributed by atoms with Crippen molar-refractivity contribution in [1.82, 2.24) is 13.7 Å². The van der Waals surface area contributed by atoms with Crippen LogP contribution in [0.15, 0.2) is 303 Å². The lowest BCUT2D eigenvalue weighted by Crippen LogP contribution is -2.61. The van der Waals surface area contributed by atoms with E-state index in [2.05, 4.69) is 410 Å². The molecule has 3 aromatic heterocycles. The van der Waals surface area contributed by atoms with E-state index in [4.69, 9.17) is 0 Å². The second kappa shape index (κ2) is 23.8. The van der Waals surface area contributed by atoms with Gasteiger partial charge in [-0.05, 0) is 209 Å². The molecule has 106 heavy (non-hydrogen) atoms. The maximum atomic E-state index is 2.69. The average Bonchev–Trinajstić information content (AvgIpc) is 0.872. The number of para-hydroxylation sites is 3. The standard InChI is InChI=1S/C100H86BN5/c1-97(2,3)69-53-70(98(4,5)6)56-75(55-69)105-92-59-73(102-86-37-25-22-34-78(86)79-35-23-26-38-87(79)102)43-45-84(92)101-85-46-44-74(103-88-39-27-24-36-80(88)81-50-66(40-47-89(81)103)63-28-16-13-17-29-63)60-93(85)106(76-57-71(99(7,8)9)54-72(58-76)100(10,11)12)95-62-77(61-94(105)96(95)101)104-90-48-41-67(64-30-18-14-19-31-64)51-82(90)83-52-68(42-49-91(83)104)65-32-20-15-21-33-65/h13-62H,1-12H3. The van der Waals surface area contributed by atoms with Crippen molar-refractivity contribution >= 4 is 123 Å². The van der Waals surface area contributed by atoms with E-state index in [1.807, 2.05) is 0 Å². The molecule has 514 valence electrons. The fraction of sp³-hybridized carbons (Fsp3) is 0.160. The maximum absolute atomic E-state index is 2.69. The summed E-state index contributed by atoms with van der Waals surface area (Å²) in [6, 6.07) is 116. The van der Waals surface area contributed by atoms with Gasteiger partial charge in [0.2, 0.25) is 0 Å². The molecule has 2 aliphatic heterocycles. The lowest BCUT2D eigenvalue weighted by atomic mass is 9.33. The van der Waals surface area contributed by atoms with Crippen molar-refractivity contribution in [3.8, 4) is 50.4 Å². The molecule has 19 rings (SSSR count). The Hall–Kier alpha value is -11.9. The van der Waals surface area contributed by atoms with Gasteiger partial charge in [-0.15, -0.1) is 0 Å². The van der Waals surface area contributed by atoms with Crippen LogP contribution in [0, 0.1) is 0 Å². The van der Waals surface area contributed by atoms with Gasteiger partial charge in [0.15, 0.2) is 0 Å². The van der Waals surface area contributed by atoms with E-state index in [1.165, 1.54) is 126 Å². The van der Waals surface area contributed by atoms with Crippen molar-refractivity contribution < 1.29 is 0 Å². The molecule has 5 nitrogen and oxygen atoms in total. The summed E-state index contributed by atoms with van der Waals surface area (Å²) in [7, 11) is 0. The zero-order chi connectivity index (χ0) is 72.4. The van der Waals surface area contributed by atoms with Crippen LogP contribution in [-0.2, 0) is 21.7 Å². The largest absolute Gasteiger partial charge is 0.311 e. The van der Waals surface area contributed by atoms with Gasteiger partial charge in [0.1, 0.15) is 0 Å². The number of hydrogen-bond acceptors (Lipinski definition) is 2. The minimum atomic E-state index is -0.217. The summed E-state index contributed by atoms with van der Waals surface area (Å²) in [5.41, 5.74) is 32.5. The third-order valence-corrected chi connectivity index (χ3v) is 23.0. The molecule has 6 heteroatoms. The molecule has 0 fully saturated rings. The zero-order valence-electron chi connectivity index (χ0n) is 62.7. The topological polar surface area (TPSA) is 21.3 Å². The molecule has 0 unspecified atom stereocenters. The highest BCUT2D eigenvalue weighted by Gasteiger charge is 2.45. The Morgan fingerprint density at radius 2 is 0.491 bits per heavy atom. The summed E-state index contributed by atoms with van der Waals surface area (Å²) in [6.45, 7) is 28.3. The van der Waals surface area contributed by atoms with Crippen LogP contribution in [0.25, 0.3) is 116 Å². The predicted molar refractivity (Wildman–Crippen MR) is 455 cm³/mol. The Morgan fingerprint density at radius 1 is 0.208 bits per heavy atom. The molecule has 0 bridgehead atoms. The molecule has 0 amide bonds. The van der Waals surface area contributed by atoms with Gasteiger partial charge >= 0.3 is 0 Å². The van der Waals surface area contributed by atoms with Crippen LogP contribution in [-0.4, -0.2) is 20.4 Å². The highest BCUT2D eigenvalue weighted by molar-refractivity contribution is 7.00. The Bertz CT molecular complexity index is 6220. The number of anilines is 6. The first kappa shape index (κ1) is 64.9. The Labute approximate surface area is 623 Å². The minimum absolute atomic E-state index is 0.180. The van der Waals surface area contributed by atoms with Crippen molar-refractivity contribution in [2.75, 3.05) is 9.80 Å². The van der Waals surface area contributed by atoms with E-state index < -0.39 is 0 Å². The SMILES string of the molecule is CC(C)(C)c1cc(N2c3cc(-n4c5ccccc5c5ccccc54)ccc3B3c4ccc(-n5c6ccccc6c6cc(-c7ccccc7)ccc65)cc4N(c4cc(C(C)(C)C)cc(C(C)(C)C)c4)c4cc(-n5c6ccc(-c7ccccc7)cc6c6cc(-c7ccccc7)ccc65)cc2c43)cc(C(C)(C)C)c1. The first-order valence-corrected chi connectivity index (χ1v) is 37.7. The van der Waals surface area contributed by atoms with Crippen LogP contribution in [0.3, 0.4) is 0 Å². The normalized spacial score (nSPS) is 13.2. The summed E-state index contributed by atoms with van der Waals surface area (Å²) in [4.78, 5) is 5.39. The first-order valence-electron chi connectivity index (χ1n) is 37.7. The van der Waals surface area contributed by atoms with Crippen LogP contribution in [0.5, 0.6) is 0 Å². The lowest BCUT2D eigenvalue weighted by Gasteiger charge is -2.45.